The smallest absolute Gasteiger partial charge is 0.193 e. The fourth-order valence-electron chi connectivity index (χ4n) is 3.19. The molecule has 0 aliphatic carbocycles. The highest BCUT2D eigenvalue weighted by atomic mass is 35.5. The zero-order valence-electron chi connectivity index (χ0n) is 17.8. The minimum atomic E-state index is -0.950. The van der Waals surface area contributed by atoms with E-state index in [2.05, 4.69) is 10.3 Å². The molecule has 33 heavy (non-hydrogen) atoms. The number of nitrogens with zero attached hydrogens (tertiary/aromatic N) is 3. The van der Waals surface area contributed by atoms with E-state index in [1.54, 1.807) is 19.9 Å². The Balaban J connectivity index is 2.04. The largest absolute Gasteiger partial charge is 0.463 e. The van der Waals surface area contributed by atoms with Gasteiger partial charge in [0.25, 0.3) is 0 Å². The molecule has 11 heteroatoms. The third kappa shape index (κ3) is 5.56. The molecule has 8 nitrogen and oxygen atoms in total. The summed E-state index contributed by atoms with van der Waals surface area (Å²) in [7, 11) is 0. The van der Waals surface area contributed by atoms with Crippen LogP contribution in [0.25, 0.3) is 22.6 Å². The Morgan fingerprint density at radius 1 is 1.42 bits per heavy atom. The summed E-state index contributed by atoms with van der Waals surface area (Å²) in [5.41, 5.74) is 5.82. The van der Waals surface area contributed by atoms with Crippen LogP contribution in [-0.4, -0.2) is 32.0 Å². The summed E-state index contributed by atoms with van der Waals surface area (Å²) in [6, 6.07) is 3.98. The van der Waals surface area contributed by atoms with Gasteiger partial charge in [-0.3, -0.25) is 4.79 Å². The molecular weight excluding hydrogens is 472 g/mol. The van der Waals surface area contributed by atoms with Crippen LogP contribution >= 0.6 is 23.2 Å². The standard InChI is InChI=1S/C22H22Cl2FN5O3/c1-11(22(27)32)4-3-5-13(12(2)26)14-10-33-18(8-17(14)31)20-16(7-6-15(23)21(20)25)30-9-19(24)28-29-30/h5-11,22,26,32H,3-4,27H2,1-2H3/b13-5+,26-12?/t11-,22?/m1/s1. The second-order valence-corrected chi connectivity index (χ2v) is 8.35. The molecule has 0 radical (unpaired) electrons. The van der Waals surface area contributed by atoms with Gasteiger partial charge in [-0.05, 0) is 37.8 Å². The maximum atomic E-state index is 15.0. The Bertz CT molecular complexity index is 1270. The van der Waals surface area contributed by atoms with Crippen molar-refractivity contribution in [2.24, 2.45) is 11.7 Å². The van der Waals surface area contributed by atoms with Crippen molar-refractivity contribution in [1.29, 1.82) is 5.41 Å². The van der Waals surface area contributed by atoms with Gasteiger partial charge in [-0.1, -0.05) is 41.4 Å². The molecule has 3 aromatic rings. The molecule has 174 valence electrons. The minimum Gasteiger partial charge on any atom is -0.463 e. The SMILES string of the molecule is CC(=N)/C(=C\CC[C@@H](C)C(N)O)c1coc(-c2c(-n3cc(Cl)nn3)ccc(Cl)c2F)cc1=O. The van der Waals surface area contributed by atoms with Crippen LogP contribution in [-0.2, 0) is 0 Å². The van der Waals surface area contributed by atoms with Gasteiger partial charge in [0.15, 0.2) is 16.4 Å². The highest BCUT2D eigenvalue weighted by molar-refractivity contribution is 6.31. The summed E-state index contributed by atoms with van der Waals surface area (Å²) in [6.07, 6.45) is 4.38. The monoisotopic (exact) mass is 493 g/mol. The Hall–Kier alpha value is -2.85. The molecule has 2 aromatic heterocycles. The van der Waals surface area contributed by atoms with Crippen LogP contribution in [0.15, 0.2) is 45.9 Å². The molecule has 0 saturated carbocycles. The molecule has 2 heterocycles. The third-order valence-electron chi connectivity index (χ3n) is 5.11. The number of hydrogen-bond donors (Lipinski definition) is 3. The number of hydrogen-bond acceptors (Lipinski definition) is 7. The van der Waals surface area contributed by atoms with Crippen LogP contribution < -0.4 is 11.2 Å². The lowest BCUT2D eigenvalue weighted by Gasteiger charge is -2.14. The molecule has 0 bridgehead atoms. The summed E-state index contributed by atoms with van der Waals surface area (Å²) in [6.45, 7) is 3.35. The van der Waals surface area contributed by atoms with E-state index in [1.165, 1.54) is 29.3 Å². The molecule has 0 aliphatic heterocycles. The molecule has 0 aliphatic rings. The van der Waals surface area contributed by atoms with E-state index in [1.807, 2.05) is 0 Å². The maximum absolute atomic E-state index is 15.0. The van der Waals surface area contributed by atoms with E-state index in [0.29, 0.717) is 18.4 Å². The second kappa shape index (κ2) is 10.4. The molecule has 0 fully saturated rings. The lowest BCUT2D eigenvalue weighted by atomic mass is 9.98. The minimum absolute atomic E-state index is 0.0766. The molecule has 0 saturated heterocycles. The lowest BCUT2D eigenvalue weighted by molar-refractivity contribution is 0.119. The van der Waals surface area contributed by atoms with E-state index in [9.17, 15) is 9.90 Å². The van der Waals surface area contributed by atoms with Crippen molar-refractivity contribution in [3.63, 3.8) is 0 Å². The number of aliphatic hydroxyl groups excluding tert-OH is 1. The number of benzene rings is 1. The zero-order valence-corrected chi connectivity index (χ0v) is 19.4. The van der Waals surface area contributed by atoms with Crippen molar-refractivity contribution in [3.8, 4) is 17.0 Å². The Morgan fingerprint density at radius 3 is 2.73 bits per heavy atom. The first-order chi connectivity index (χ1) is 15.6. The first-order valence-corrected chi connectivity index (χ1v) is 10.7. The van der Waals surface area contributed by atoms with Crippen LogP contribution in [0.5, 0.6) is 0 Å². The average Bonchev–Trinajstić information content (AvgIpc) is 3.19. The van der Waals surface area contributed by atoms with E-state index in [4.69, 9.17) is 38.8 Å². The van der Waals surface area contributed by atoms with Gasteiger partial charge >= 0.3 is 0 Å². The highest BCUT2D eigenvalue weighted by Crippen LogP contribution is 2.33. The molecular formula is C22H22Cl2FN5O3. The van der Waals surface area contributed by atoms with E-state index >= 15 is 4.39 Å². The van der Waals surface area contributed by atoms with Crippen molar-refractivity contribution >= 4 is 34.5 Å². The van der Waals surface area contributed by atoms with Gasteiger partial charge in [-0.15, -0.1) is 5.10 Å². The predicted octanol–water partition coefficient (Wildman–Crippen LogP) is 4.45. The molecule has 1 aromatic carbocycles. The van der Waals surface area contributed by atoms with Crippen molar-refractivity contribution in [2.75, 3.05) is 0 Å². The maximum Gasteiger partial charge on any atom is 0.193 e. The summed E-state index contributed by atoms with van der Waals surface area (Å²) in [4.78, 5) is 12.9. The Morgan fingerprint density at radius 2 is 2.15 bits per heavy atom. The van der Waals surface area contributed by atoms with Gasteiger partial charge in [0.2, 0.25) is 0 Å². The lowest BCUT2D eigenvalue weighted by Crippen LogP contribution is -2.27. The first kappa shape index (κ1) is 24.8. The normalized spacial score (nSPS) is 13.7. The second-order valence-electron chi connectivity index (χ2n) is 7.55. The van der Waals surface area contributed by atoms with Gasteiger partial charge in [-0.2, -0.15) is 0 Å². The molecule has 4 N–H and O–H groups in total. The summed E-state index contributed by atoms with van der Waals surface area (Å²) >= 11 is 11.8. The van der Waals surface area contributed by atoms with Gasteiger partial charge in [-0.25, -0.2) is 9.07 Å². The first-order valence-electron chi connectivity index (χ1n) is 9.99. The van der Waals surface area contributed by atoms with Crippen molar-refractivity contribution in [3.05, 3.63) is 68.5 Å². The average molecular weight is 494 g/mol. The Kier molecular flexibility index (Phi) is 7.80. The van der Waals surface area contributed by atoms with Gasteiger partial charge in [0, 0.05) is 17.4 Å². The molecule has 3 rings (SSSR count). The van der Waals surface area contributed by atoms with Crippen LogP contribution in [0.1, 0.15) is 32.3 Å². The van der Waals surface area contributed by atoms with Crippen molar-refractivity contribution in [1.82, 2.24) is 15.0 Å². The van der Waals surface area contributed by atoms with Gasteiger partial charge in [0.05, 0.1) is 28.0 Å². The fraction of sp³-hybridized carbons (Fsp3) is 0.273. The molecule has 2 atom stereocenters. The number of aliphatic hydroxyl groups is 1. The predicted molar refractivity (Wildman–Crippen MR) is 125 cm³/mol. The highest BCUT2D eigenvalue weighted by Gasteiger charge is 2.21. The van der Waals surface area contributed by atoms with E-state index < -0.39 is 17.5 Å². The van der Waals surface area contributed by atoms with Crippen LogP contribution in [0, 0.1) is 17.1 Å². The topological polar surface area (TPSA) is 131 Å². The van der Waals surface area contributed by atoms with Gasteiger partial charge < -0.3 is 20.7 Å². The number of halogens is 3. The molecule has 1 unspecified atom stereocenters. The molecule has 0 amide bonds. The van der Waals surface area contributed by atoms with Crippen molar-refractivity contribution in [2.45, 2.75) is 32.9 Å². The number of nitrogens with two attached hydrogens (primary N) is 1. The number of rotatable bonds is 8. The summed E-state index contributed by atoms with van der Waals surface area (Å²) in [5.74, 6) is -1.03. The van der Waals surface area contributed by atoms with Crippen LogP contribution in [0.3, 0.4) is 0 Å². The Labute approximate surface area is 198 Å². The van der Waals surface area contributed by atoms with Crippen LogP contribution in [0.2, 0.25) is 10.2 Å². The number of nitrogens with one attached hydrogen (secondary N) is 1. The summed E-state index contributed by atoms with van der Waals surface area (Å²) < 4.78 is 21.9. The van der Waals surface area contributed by atoms with Crippen LogP contribution in [0.4, 0.5) is 4.39 Å². The van der Waals surface area contributed by atoms with Crippen molar-refractivity contribution < 1.29 is 13.9 Å². The number of allylic oxidation sites excluding steroid dienone is 2. The van der Waals surface area contributed by atoms with E-state index in [0.717, 1.165) is 6.07 Å². The van der Waals surface area contributed by atoms with E-state index in [-0.39, 0.29) is 44.4 Å². The molecule has 0 spiro atoms. The quantitative estimate of drug-likeness (QED) is 0.313. The fourth-order valence-corrected chi connectivity index (χ4v) is 3.48. The summed E-state index contributed by atoms with van der Waals surface area (Å²) in [5, 5.41) is 24.9. The zero-order chi connectivity index (χ0) is 24.3. The number of aromatic nitrogens is 3. The third-order valence-corrected chi connectivity index (χ3v) is 5.58. The van der Waals surface area contributed by atoms with Gasteiger partial charge in [0.1, 0.15) is 18.3 Å².